The molecule has 4 rings (SSSR count). The summed E-state index contributed by atoms with van der Waals surface area (Å²) >= 11 is 1.74. The molecule has 2 unspecified atom stereocenters. The van der Waals surface area contributed by atoms with Gasteiger partial charge in [0, 0.05) is 55.5 Å². The van der Waals surface area contributed by atoms with Crippen molar-refractivity contribution in [2.75, 3.05) is 13.2 Å². The Morgan fingerprint density at radius 2 is 2.25 bits per heavy atom. The zero-order valence-electron chi connectivity index (χ0n) is 14.3. The fraction of sp³-hybridized carbons (Fsp3) is 0.529. The first-order chi connectivity index (χ1) is 11.6. The van der Waals surface area contributed by atoms with Gasteiger partial charge in [-0.15, -0.1) is 11.3 Å². The second-order valence-electron chi connectivity index (χ2n) is 6.56. The summed E-state index contributed by atoms with van der Waals surface area (Å²) in [6, 6.07) is 0. The van der Waals surface area contributed by atoms with Crippen LogP contribution in [0.1, 0.15) is 34.4 Å². The van der Waals surface area contributed by atoms with Crippen molar-refractivity contribution in [2.24, 2.45) is 13.0 Å². The Labute approximate surface area is 145 Å². The molecule has 1 N–H and O–H groups in total. The number of imidazole rings is 1. The van der Waals surface area contributed by atoms with Gasteiger partial charge in [0.2, 0.25) is 0 Å². The predicted molar refractivity (Wildman–Crippen MR) is 94.3 cm³/mol. The lowest BCUT2D eigenvalue weighted by atomic mass is 9.97. The maximum Gasteiger partial charge on any atom is 0.194 e. The van der Waals surface area contributed by atoms with E-state index in [2.05, 4.69) is 46.0 Å². The van der Waals surface area contributed by atoms with Gasteiger partial charge in [-0.1, -0.05) is 0 Å². The van der Waals surface area contributed by atoms with Gasteiger partial charge in [-0.05, 0) is 20.3 Å². The highest BCUT2D eigenvalue weighted by molar-refractivity contribution is 7.17. The number of ether oxygens (including phenoxy) is 1. The summed E-state index contributed by atoms with van der Waals surface area (Å²) < 4.78 is 10.00. The molecule has 0 aromatic carbocycles. The highest BCUT2D eigenvalue weighted by atomic mass is 32.1. The van der Waals surface area contributed by atoms with E-state index >= 15 is 0 Å². The van der Waals surface area contributed by atoms with Gasteiger partial charge in [-0.2, -0.15) is 5.10 Å². The van der Waals surface area contributed by atoms with Gasteiger partial charge in [0.1, 0.15) is 0 Å². The second-order valence-corrected chi connectivity index (χ2v) is 7.77. The van der Waals surface area contributed by atoms with Gasteiger partial charge in [0.05, 0.1) is 23.7 Å². The quantitative estimate of drug-likeness (QED) is 0.772. The molecule has 3 aromatic rings. The van der Waals surface area contributed by atoms with Crippen molar-refractivity contribution in [1.29, 1.82) is 0 Å². The van der Waals surface area contributed by atoms with E-state index in [4.69, 9.17) is 4.74 Å². The number of nitrogens with one attached hydrogen (secondary N) is 1. The van der Waals surface area contributed by atoms with Crippen molar-refractivity contribution in [3.05, 3.63) is 40.4 Å². The standard InChI is InChI=1S/C17H23N5OS/c1-11-9-22-15(12(2)20-17(22)24-11)8-18-6-13-4-5-23-16(13)14-7-19-21(3)10-14/h7,9-10,13,16,18H,4-6,8H2,1-3H3. The van der Waals surface area contributed by atoms with Crippen LogP contribution in [0.2, 0.25) is 0 Å². The third kappa shape index (κ3) is 2.87. The van der Waals surface area contributed by atoms with Crippen molar-refractivity contribution < 1.29 is 4.74 Å². The average molecular weight is 345 g/mol. The summed E-state index contributed by atoms with van der Waals surface area (Å²) in [7, 11) is 1.95. The Kier molecular flexibility index (Phi) is 4.15. The van der Waals surface area contributed by atoms with Crippen LogP contribution in [0.25, 0.3) is 4.96 Å². The van der Waals surface area contributed by atoms with Crippen LogP contribution >= 0.6 is 11.3 Å². The maximum atomic E-state index is 5.94. The van der Waals surface area contributed by atoms with Gasteiger partial charge in [-0.25, -0.2) is 4.98 Å². The molecule has 0 radical (unpaired) electrons. The third-order valence-electron chi connectivity index (χ3n) is 4.71. The first-order valence-corrected chi connectivity index (χ1v) is 9.18. The van der Waals surface area contributed by atoms with Crippen LogP contribution in [0.4, 0.5) is 0 Å². The Morgan fingerprint density at radius 1 is 1.38 bits per heavy atom. The molecule has 0 spiro atoms. The van der Waals surface area contributed by atoms with E-state index in [0.717, 1.165) is 36.8 Å². The second kappa shape index (κ2) is 6.31. The SMILES string of the molecule is Cc1cn2c(CNCC3CCOC3c3cnn(C)c3)c(C)nc2s1. The van der Waals surface area contributed by atoms with Crippen molar-refractivity contribution in [1.82, 2.24) is 24.5 Å². The molecule has 7 heteroatoms. The molecule has 0 saturated carbocycles. The van der Waals surface area contributed by atoms with Gasteiger partial charge in [-0.3, -0.25) is 9.08 Å². The summed E-state index contributed by atoms with van der Waals surface area (Å²) in [6.45, 7) is 6.81. The van der Waals surface area contributed by atoms with Gasteiger partial charge in [0.15, 0.2) is 4.96 Å². The lowest BCUT2D eigenvalue weighted by Crippen LogP contribution is -2.25. The number of hydrogen-bond donors (Lipinski definition) is 1. The topological polar surface area (TPSA) is 56.4 Å². The monoisotopic (exact) mass is 345 g/mol. The average Bonchev–Trinajstić information content (AvgIpc) is 3.27. The number of fused-ring (bicyclic) bond motifs is 1. The van der Waals surface area contributed by atoms with Gasteiger partial charge < -0.3 is 10.1 Å². The van der Waals surface area contributed by atoms with E-state index in [0.29, 0.717) is 5.92 Å². The van der Waals surface area contributed by atoms with Gasteiger partial charge >= 0.3 is 0 Å². The number of thiazole rings is 1. The number of aryl methyl sites for hydroxylation is 3. The Morgan fingerprint density at radius 3 is 3.04 bits per heavy atom. The van der Waals surface area contributed by atoms with Crippen molar-refractivity contribution >= 4 is 16.3 Å². The number of nitrogens with zero attached hydrogens (tertiary/aromatic N) is 4. The minimum atomic E-state index is 0.154. The zero-order valence-corrected chi connectivity index (χ0v) is 15.1. The van der Waals surface area contributed by atoms with Crippen LogP contribution < -0.4 is 5.32 Å². The van der Waals surface area contributed by atoms with E-state index in [1.807, 2.05) is 17.9 Å². The molecular formula is C17H23N5OS. The molecule has 4 heterocycles. The summed E-state index contributed by atoms with van der Waals surface area (Å²) in [5.74, 6) is 0.488. The summed E-state index contributed by atoms with van der Waals surface area (Å²) in [6.07, 6.45) is 7.39. The lowest BCUT2D eigenvalue weighted by molar-refractivity contribution is 0.0903. The van der Waals surface area contributed by atoms with E-state index < -0.39 is 0 Å². The van der Waals surface area contributed by atoms with Crippen molar-refractivity contribution in [3.8, 4) is 0 Å². The van der Waals surface area contributed by atoms with Crippen LogP contribution in [0.3, 0.4) is 0 Å². The van der Waals surface area contributed by atoms with Gasteiger partial charge in [0.25, 0.3) is 0 Å². The minimum absolute atomic E-state index is 0.154. The first-order valence-electron chi connectivity index (χ1n) is 8.36. The fourth-order valence-electron chi connectivity index (χ4n) is 3.50. The van der Waals surface area contributed by atoms with Crippen LogP contribution in [-0.2, 0) is 18.3 Å². The van der Waals surface area contributed by atoms with E-state index in [-0.39, 0.29) is 6.10 Å². The highest BCUT2D eigenvalue weighted by Crippen LogP contribution is 2.33. The minimum Gasteiger partial charge on any atom is -0.373 e. The molecule has 0 amide bonds. The van der Waals surface area contributed by atoms with Crippen molar-refractivity contribution in [2.45, 2.75) is 32.9 Å². The molecule has 1 saturated heterocycles. The number of aromatic nitrogens is 4. The summed E-state index contributed by atoms with van der Waals surface area (Å²) in [5.41, 5.74) is 3.55. The molecule has 0 aliphatic carbocycles. The maximum absolute atomic E-state index is 5.94. The third-order valence-corrected chi connectivity index (χ3v) is 5.61. The van der Waals surface area contributed by atoms with Crippen LogP contribution in [0.15, 0.2) is 18.6 Å². The van der Waals surface area contributed by atoms with E-state index in [1.54, 1.807) is 11.3 Å². The predicted octanol–water partition coefficient (Wildman–Crippen LogP) is 2.61. The molecule has 128 valence electrons. The van der Waals surface area contributed by atoms with Crippen LogP contribution in [0, 0.1) is 19.8 Å². The number of rotatable bonds is 5. The molecule has 2 atom stereocenters. The Balaban J connectivity index is 1.42. The highest BCUT2D eigenvalue weighted by Gasteiger charge is 2.30. The molecule has 24 heavy (non-hydrogen) atoms. The fourth-order valence-corrected chi connectivity index (χ4v) is 4.39. The molecule has 0 bridgehead atoms. The summed E-state index contributed by atoms with van der Waals surface area (Å²) in [5, 5.41) is 7.89. The molecule has 1 aliphatic heterocycles. The summed E-state index contributed by atoms with van der Waals surface area (Å²) in [4.78, 5) is 7.03. The Bertz CT molecular complexity index is 849. The normalized spacial score (nSPS) is 21.1. The van der Waals surface area contributed by atoms with Crippen LogP contribution in [0.5, 0.6) is 0 Å². The first kappa shape index (κ1) is 15.8. The molecule has 1 aliphatic rings. The molecule has 1 fully saturated rings. The van der Waals surface area contributed by atoms with E-state index in [1.165, 1.54) is 16.1 Å². The van der Waals surface area contributed by atoms with Crippen molar-refractivity contribution in [3.63, 3.8) is 0 Å². The number of hydrogen-bond acceptors (Lipinski definition) is 5. The zero-order chi connectivity index (χ0) is 16.7. The smallest absolute Gasteiger partial charge is 0.194 e. The lowest BCUT2D eigenvalue weighted by Gasteiger charge is -2.17. The van der Waals surface area contributed by atoms with E-state index in [9.17, 15) is 0 Å². The molecule has 3 aromatic heterocycles. The molecular weight excluding hydrogens is 322 g/mol. The molecule has 6 nitrogen and oxygen atoms in total. The Hall–Kier alpha value is -1.70. The largest absolute Gasteiger partial charge is 0.373 e. The van der Waals surface area contributed by atoms with Crippen LogP contribution in [-0.4, -0.2) is 32.3 Å².